The number of hydrogen-bond acceptors (Lipinski definition) is 2. The van der Waals surface area contributed by atoms with Crippen LogP contribution in [0.1, 0.15) is 0 Å². The molecule has 0 bridgehead atoms. The van der Waals surface area contributed by atoms with Gasteiger partial charge in [-0.2, -0.15) is 0 Å². The number of fused-ring (bicyclic) bond motifs is 4. The molecule has 1 N–H and O–H groups in total. The molecule has 1 aliphatic rings. The van der Waals surface area contributed by atoms with Crippen molar-refractivity contribution in [2.75, 3.05) is 0 Å². The van der Waals surface area contributed by atoms with Crippen molar-refractivity contribution in [3.05, 3.63) is 115 Å². The highest BCUT2D eigenvalue weighted by Crippen LogP contribution is 2.58. The van der Waals surface area contributed by atoms with Gasteiger partial charge >= 0.3 is 7.69 Å². The summed E-state index contributed by atoms with van der Waals surface area (Å²) in [6.07, 6.45) is 0. The highest BCUT2D eigenvalue weighted by Gasteiger charge is 2.31. The first-order valence-electron chi connectivity index (χ1n) is 11.9. The van der Waals surface area contributed by atoms with Gasteiger partial charge in [0.05, 0.1) is 0 Å². The Morgan fingerprint density at radius 3 is 1.54 bits per heavy atom. The molecule has 0 heterocycles. The predicted octanol–water partition coefficient (Wildman–Crippen LogP) is 7.61. The van der Waals surface area contributed by atoms with E-state index in [4.69, 9.17) is 4.65 Å². The molecule has 6 aromatic rings. The lowest BCUT2D eigenvalue weighted by molar-refractivity contribution is 0.457. The normalized spacial score (nSPS) is 11.6. The molecule has 35 heavy (non-hydrogen) atoms. The van der Waals surface area contributed by atoms with Crippen LogP contribution in [0.5, 0.6) is 5.75 Å². The van der Waals surface area contributed by atoms with Crippen molar-refractivity contribution >= 4 is 29.2 Å². The first-order valence-corrected chi connectivity index (χ1v) is 11.9. The van der Waals surface area contributed by atoms with E-state index in [0.717, 1.165) is 5.39 Å². The third kappa shape index (κ3) is 2.89. The summed E-state index contributed by atoms with van der Waals surface area (Å²) in [5.74, 6) is 0.702. The van der Waals surface area contributed by atoms with E-state index in [1.165, 1.54) is 60.7 Å². The molecule has 0 saturated carbocycles. The Hall–Kier alpha value is -4.34. The summed E-state index contributed by atoms with van der Waals surface area (Å²) >= 11 is 0. The molecule has 0 saturated heterocycles. The zero-order valence-electron chi connectivity index (χ0n) is 19.0. The van der Waals surface area contributed by atoms with Crippen molar-refractivity contribution in [1.82, 2.24) is 0 Å². The minimum absolute atomic E-state index is 0.347. The van der Waals surface area contributed by atoms with Gasteiger partial charge in [-0.25, -0.2) is 0 Å². The van der Waals surface area contributed by atoms with E-state index in [0.29, 0.717) is 5.75 Å². The van der Waals surface area contributed by atoms with Crippen molar-refractivity contribution in [2.45, 2.75) is 0 Å². The van der Waals surface area contributed by atoms with Crippen LogP contribution in [0.4, 0.5) is 0 Å². The zero-order chi connectivity index (χ0) is 23.4. The summed E-state index contributed by atoms with van der Waals surface area (Å²) in [4.78, 5) is 0. The monoisotopic (exact) mass is 448 g/mol. The summed E-state index contributed by atoms with van der Waals surface area (Å²) in [5.41, 5.74) is 9.85. The van der Waals surface area contributed by atoms with Crippen LogP contribution < -0.4 is 4.65 Å². The fourth-order valence-electron chi connectivity index (χ4n) is 5.78. The molecule has 164 valence electrons. The van der Waals surface area contributed by atoms with E-state index in [9.17, 15) is 5.02 Å². The highest BCUT2D eigenvalue weighted by atomic mass is 16.5. The molecule has 7 rings (SSSR count). The third-order valence-corrected chi connectivity index (χ3v) is 7.10. The van der Waals surface area contributed by atoms with Crippen LogP contribution in [0.15, 0.2) is 115 Å². The first-order chi connectivity index (χ1) is 17.4. The van der Waals surface area contributed by atoms with Crippen LogP contribution in [0.2, 0.25) is 0 Å². The maximum Gasteiger partial charge on any atom is 0.504 e. The van der Waals surface area contributed by atoms with E-state index in [-0.39, 0.29) is 7.69 Å². The lowest BCUT2D eigenvalue weighted by Gasteiger charge is -2.20. The van der Waals surface area contributed by atoms with Crippen LogP contribution in [-0.2, 0) is 0 Å². The fraction of sp³-hybridized carbons (Fsp3) is 0. The van der Waals surface area contributed by atoms with E-state index in [1.54, 1.807) is 0 Å². The van der Waals surface area contributed by atoms with Crippen molar-refractivity contribution in [3.63, 3.8) is 0 Å². The smallest absolute Gasteiger partial charge is 0.504 e. The molecule has 0 amide bonds. The maximum absolute atomic E-state index is 9.50. The number of benzene rings is 6. The Kier molecular flexibility index (Phi) is 4.51. The van der Waals surface area contributed by atoms with Crippen molar-refractivity contribution in [2.24, 2.45) is 0 Å². The van der Waals surface area contributed by atoms with Gasteiger partial charge in [-0.05, 0) is 61.3 Å². The summed E-state index contributed by atoms with van der Waals surface area (Å²) in [6.45, 7) is 0. The quantitative estimate of drug-likeness (QED) is 0.281. The number of hydrogen-bond donors (Lipinski definition) is 1. The van der Waals surface area contributed by atoms with Crippen LogP contribution in [0.3, 0.4) is 0 Å². The largest absolute Gasteiger partial charge is 0.538 e. The van der Waals surface area contributed by atoms with E-state index in [1.807, 2.05) is 6.07 Å². The van der Waals surface area contributed by atoms with Gasteiger partial charge in [0, 0.05) is 10.8 Å². The van der Waals surface area contributed by atoms with Gasteiger partial charge in [-0.3, -0.25) is 0 Å². The average Bonchev–Trinajstić information content (AvgIpc) is 3.25. The average molecular weight is 448 g/mol. The molecule has 0 spiro atoms. The second-order valence-corrected chi connectivity index (χ2v) is 8.89. The van der Waals surface area contributed by atoms with Gasteiger partial charge in [0.25, 0.3) is 0 Å². The zero-order valence-corrected chi connectivity index (χ0v) is 19.0. The molecule has 0 aliphatic heterocycles. The second-order valence-electron chi connectivity index (χ2n) is 8.89. The van der Waals surface area contributed by atoms with Crippen LogP contribution in [0, 0.1) is 0 Å². The Bertz CT molecular complexity index is 1650. The fourth-order valence-corrected chi connectivity index (χ4v) is 5.78. The molecule has 0 unspecified atom stereocenters. The van der Waals surface area contributed by atoms with Crippen molar-refractivity contribution in [3.8, 4) is 50.3 Å². The molecule has 1 aliphatic carbocycles. The predicted molar refractivity (Wildman–Crippen MR) is 147 cm³/mol. The van der Waals surface area contributed by atoms with Gasteiger partial charge in [0.1, 0.15) is 5.75 Å². The molecule has 0 aromatic heterocycles. The Labute approximate surface area is 204 Å². The molecular formula is C32H21BO2. The molecule has 6 aromatic carbocycles. The summed E-state index contributed by atoms with van der Waals surface area (Å²) in [5, 5.41) is 14.2. The Morgan fingerprint density at radius 2 is 0.971 bits per heavy atom. The standard InChI is InChI=1S/C32H21BO2/c34-33-35-27-19-18-26-30-24(27)16-9-17-25(30)31-28(20-10-3-1-4-11-20)22-14-7-8-15-23(22)29(32(26)31)21-12-5-2-6-13-21/h1-19,33-34H. The maximum atomic E-state index is 9.50. The molecule has 0 fully saturated rings. The Morgan fingerprint density at radius 1 is 0.457 bits per heavy atom. The van der Waals surface area contributed by atoms with Crippen molar-refractivity contribution < 1.29 is 9.68 Å². The summed E-state index contributed by atoms with van der Waals surface area (Å²) < 4.78 is 5.62. The Balaban J connectivity index is 1.73. The molecule has 0 atom stereocenters. The minimum atomic E-state index is -0.347. The molecule has 3 heteroatoms. The van der Waals surface area contributed by atoms with E-state index in [2.05, 4.69) is 109 Å². The summed E-state index contributed by atoms with van der Waals surface area (Å²) in [7, 11) is -0.347. The highest BCUT2D eigenvalue weighted by molar-refractivity contribution is 6.28. The molecule has 2 nitrogen and oxygen atoms in total. The number of rotatable bonds is 4. The van der Waals surface area contributed by atoms with E-state index < -0.39 is 0 Å². The third-order valence-electron chi connectivity index (χ3n) is 7.10. The topological polar surface area (TPSA) is 29.5 Å². The molecular weight excluding hydrogens is 427 g/mol. The lowest BCUT2D eigenvalue weighted by Crippen LogP contribution is -2.00. The lowest BCUT2D eigenvalue weighted by atomic mass is 9.82. The van der Waals surface area contributed by atoms with Crippen LogP contribution in [0.25, 0.3) is 66.1 Å². The second kappa shape index (κ2) is 7.87. The minimum Gasteiger partial charge on any atom is -0.538 e. The first kappa shape index (κ1) is 20.1. The SMILES string of the molecule is OBOc1ccc2c3c(cccc13)-c1c-2c(-c2ccccc2)c2ccccc2c1-c1ccccc1. The van der Waals surface area contributed by atoms with E-state index >= 15 is 0 Å². The van der Waals surface area contributed by atoms with Gasteiger partial charge in [0.15, 0.2) is 0 Å². The van der Waals surface area contributed by atoms with Gasteiger partial charge in [-0.1, -0.05) is 109 Å². The summed E-state index contributed by atoms with van der Waals surface area (Å²) in [6, 6.07) is 40.7. The van der Waals surface area contributed by atoms with Gasteiger partial charge in [-0.15, -0.1) is 0 Å². The molecule has 0 radical (unpaired) electrons. The van der Waals surface area contributed by atoms with Crippen molar-refractivity contribution in [1.29, 1.82) is 0 Å². The van der Waals surface area contributed by atoms with Gasteiger partial charge in [0.2, 0.25) is 0 Å². The van der Waals surface area contributed by atoms with Gasteiger partial charge < -0.3 is 9.68 Å². The van der Waals surface area contributed by atoms with Crippen LogP contribution >= 0.6 is 0 Å². The van der Waals surface area contributed by atoms with Crippen LogP contribution in [-0.4, -0.2) is 12.7 Å².